The minimum Gasteiger partial charge on any atom is -0.423 e. The average Bonchev–Trinajstić information content (AvgIpc) is 3.17. The van der Waals surface area contributed by atoms with Crippen LogP contribution in [0.4, 0.5) is 16.1 Å². The Bertz CT molecular complexity index is 1030. The number of rotatable bonds is 5. The number of hydrogen-bond acceptors (Lipinski definition) is 5. The predicted molar refractivity (Wildman–Crippen MR) is 112 cm³/mol. The van der Waals surface area contributed by atoms with Crippen LogP contribution in [0, 0.1) is 11.7 Å². The molecule has 156 valence electrons. The molecule has 2 heterocycles. The number of fused-ring (bicyclic) bond motifs is 1. The van der Waals surface area contributed by atoms with Crippen LogP contribution in [-0.2, 0) is 9.59 Å². The SMILES string of the molecule is CN(CC(=O)Nc1cccc(F)c1)C(=O)C1CCN(c2nc3ccccc3o2)CC1. The number of likely N-dealkylation sites (N-methyl/N-ethyl adjacent to an activating group) is 1. The number of halogens is 1. The molecule has 30 heavy (non-hydrogen) atoms. The Labute approximate surface area is 173 Å². The van der Waals surface area contributed by atoms with E-state index in [1.807, 2.05) is 29.2 Å². The van der Waals surface area contributed by atoms with E-state index >= 15 is 0 Å². The minimum atomic E-state index is -0.428. The summed E-state index contributed by atoms with van der Waals surface area (Å²) in [7, 11) is 1.61. The second-order valence-corrected chi connectivity index (χ2v) is 7.48. The van der Waals surface area contributed by atoms with Crippen molar-refractivity contribution < 1.29 is 18.4 Å². The van der Waals surface area contributed by atoms with Crippen molar-refractivity contribution in [1.82, 2.24) is 9.88 Å². The van der Waals surface area contributed by atoms with Gasteiger partial charge >= 0.3 is 0 Å². The van der Waals surface area contributed by atoms with Gasteiger partial charge in [-0.2, -0.15) is 4.98 Å². The number of nitrogens with zero attached hydrogens (tertiary/aromatic N) is 3. The Hall–Kier alpha value is -3.42. The van der Waals surface area contributed by atoms with Gasteiger partial charge in [0.25, 0.3) is 6.01 Å². The zero-order valence-corrected chi connectivity index (χ0v) is 16.7. The molecule has 0 saturated carbocycles. The molecule has 0 radical (unpaired) electrons. The summed E-state index contributed by atoms with van der Waals surface area (Å²) >= 11 is 0. The number of para-hydroxylation sites is 2. The van der Waals surface area contributed by atoms with Crippen molar-refractivity contribution in [2.75, 3.05) is 36.9 Å². The molecule has 2 amide bonds. The van der Waals surface area contributed by atoms with Crippen molar-refractivity contribution in [3.63, 3.8) is 0 Å². The molecule has 8 heteroatoms. The summed E-state index contributed by atoms with van der Waals surface area (Å²) < 4.78 is 19.0. The number of amides is 2. The van der Waals surface area contributed by atoms with E-state index in [0.29, 0.717) is 37.6 Å². The lowest BCUT2D eigenvalue weighted by Gasteiger charge is -2.32. The average molecular weight is 410 g/mol. The van der Waals surface area contributed by atoms with Crippen LogP contribution in [0.2, 0.25) is 0 Å². The smallest absolute Gasteiger partial charge is 0.298 e. The van der Waals surface area contributed by atoms with Crippen LogP contribution in [0.3, 0.4) is 0 Å². The largest absolute Gasteiger partial charge is 0.423 e. The van der Waals surface area contributed by atoms with Crippen molar-refractivity contribution in [3.05, 3.63) is 54.3 Å². The van der Waals surface area contributed by atoms with Crippen LogP contribution >= 0.6 is 0 Å². The van der Waals surface area contributed by atoms with Crippen molar-refractivity contribution in [2.45, 2.75) is 12.8 Å². The van der Waals surface area contributed by atoms with Gasteiger partial charge in [-0.1, -0.05) is 18.2 Å². The van der Waals surface area contributed by atoms with Crippen LogP contribution in [0.5, 0.6) is 0 Å². The Morgan fingerprint density at radius 2 is 1.97 bits per heavy atom. The number of carbonyl (C=O) groups is 2. The van der Waals surface area contributed by atoms with Gasteiger partial charge in [-0.05, 0) is 43.2 Å². The Morgan fingerprint density at radius 3 is 2.70 bits per heavy atom. The predicted octanol–water partition coefficient (Wildman–Crippen LogP) is 3.28. The standard InChI is InChI=1S/C22H23FN4O3/c1-26(14-20(28)24-17-6-4-5-16(23)13-17)21(29)15-9-11-27(12-10-15)22-25-18-7-2-3-8-19(18)30-22/h2-8,13,15H,9-12,14H2,1H3,(H,24,28). The lowest BCUT2D eigenvalue weighted by molar-refractivity contribution is -0.137. The summed E-state index contributed by atoms with van der Waals surface area (Å²) in [5, 5.41) is 2.61. The topological polar surface area (TPSA) is 78.7 Å². The fraction of sp³-hybridized carbons (Fsp3) is 0.318. The van der Waals surface area contributed by atoms with Gasteiger partial charge in [0.2, 0.25) is 11.8 Å². The van der Waals surface area contributed by atoms with Gasteiger partial charge in [-0.15, -0.1) is 0 Å². The molecule has 2 aromatic carbocycles. The molecule has 0 spiro atoms. The first-order chi connectivity index (χ1) is 14.5. The van der Waals surface area contributed by atoms with E-state index in [1.165, 1.54) is 23.1 Å². The highest BCUT2D eigenvalue weighted by atomic mass is 19.1. The van der Waals surface area contributed by atoms with Gasteiger partial charge in [0.1, 0.15) is 11.3 Å². The zero-order valence-electron chi connectivity index (χ0n) is 16.7. The van der Waals surface area contributed by atoms with E-state index in [-0.39, 0.29) is 24.3 Å². The quantitative estimate of drug-likeness (QED) is 0.698. The van der Waals surface area contributed by atoms with Crippen molar-refractivity contribution >= 4 is 34.6 Å². The molecule has 7 nitrogen and oxygen atoms in total. The fourth-order valence-corrected chi connectivity index (χ4v) is 3.68. The third-order valence-corrected chi connectivity index (χ3v) is 5.26. The number of piperidine rings is 1. The minimum absolute atomic E-state index is 0.0680. The van der Waals surface area contributed by atoms with Gasteiger partial charge in [0.05, 0.1) is 6.54 Å². The Kier molecular flexibility index (Phi) is 5.65. The van der Waals surface area contributed by atoms with E-state index in [0.717, 1.165) is 11.1 Å². The molecule has 1 fully saturated rings. The zero-order chi connectivity index (χ0) is 21.1. The Morgan fingerprint density at radius 1 is 1.20 bits per heavy atom. The summed E-state index contributed by atoms with van der Waals surface area (Å²) in [6, 6.07) is 13.8. The third-order valence-electron chi connectivity index (χ3n) is 5.26. The highest BCUT2D eigenvalue weighted by molar-refractivity contribution is 5.94. The maximum atomic E-state index is 13.2. The molecular formula is C22H23FN4O3. The third kappa shape index (κ3) is 4.42. The molecule has 3 aromatic rings. The van der Waals surface area contributed by atoms with Crippen molar-refractivity contribution in [3.8, 4) is 0 Å². The van der Waals surface area contributed by atoms with Gasteiger partial charge in [0.15, 0.2) is 5.58 Å². The number of hydrogen-bond donors (Lipinski definition) is 1. The molecule has 4 rings (SSSR count). The number of aromatic nitrogens is 1. The van der Waals surface area contributed by atoms with E-state index in [2.05, 4.69) is 10.3 Å². The number of anilines is 2. The highest BCUT2D eigenvalue weighted by Crippen LogP contribution is 2.27. The van der Waals surface area contributed by atoms with Crippen LogP contribution < -0.4 is 10.2 Å². The summed E-state index contributed by atoms with van der Waals surface area (Å²) in [4.78, 5) is 32.9. The van der Waals surface area contributed by atoms with E-state index in [1.54, 1.807) is 13.1 Å². The van der Waals surface area contributed by atoms with Gasteiger partial charge in [-0.25, -0.2) is 4.39 Å². The maximum absolute atomic E-state index is 13.2. The molecule has 0 aliphatic carbocycles. The second-order valence-electron chi connectivity index (χ2n) is 7.48. The first-order valence-corrected chi connectivity index (χ1v) is 9.90. The molecule has 0 bridgehead atoms. The number of benzene rings is 2. The Balaban J connectivity index is 1.29. The van der Waals surface area contributed by atoms with Crippen molar-refractivity contribution in [1.29, 1.82) is 0 Å². The van der Waals surface area contributed by atoms with E-state index in [9.17, 15) is 14.0 Å². The molecule has 0 atom stereocenters. The van der Waals surface area contributed by atoms with Gasteiger partial charge in [-0.3, -0.25) is 9.59 Å². The van der Waals surface area contributed by atoms with Gasteiger partial charge < -0.3 is 19.5 Å². The molecule has 1 saturated heterocycles. The van der Waals surface area contributed by atoms with Crippen LogP contribution in [0.15, 0.2) is 52.9 Å². The van der Waals surface area contributed by atoms with Gasteiger partial charge in [0, 0.05) is 31.7 Å². The summed E-state index contributed by atoms with van der Waals surface area (Å²) in [6.07, 6.45) is 1.32. The lowest BCUT2D eigenvalue weighted by Crippen LogP contribution is -2.43. The van der Waals surface area contributed by atoms with E-state index in [4.69, 9.17) is 4.42 Å². The molecule has 1 N–H and O–H groups in total. The second kappa shape index (κ2) is 8.52. The first kappa shape index (κ1) is 19.9. The monoisotopic (exact) mass is 410 g/mol. The molecule has 1 aliphatic heterocycles. The summed E-state index contributed by atoms with van der Waals surface area (Å²) in [6.45, 7) is 1.24. The first-order valence-electron chi connectivity index (χ1n) is 9.90. The molecule has 1 aliphatic rings. The van der Waals surface area contributed by atoms with Crippen LogP contribution in [0.25, 0.3) is 11.1 Å². The maximum Gasteiger partial charge on any atom is 0.298 e. The van der Waals surface area contributed by atoms with E-state index < -0.39 is 5.82 Å². The van der Waals surface area contributed by atoms with Crippen LogP contribution in [0.1, 0.15) is 12.8 Å². The molecule has 1 aromatic heterocycles. The fourth-order valence-electron chi connectivity index (χ4n) is 3.68. The number of oxazole rings is 1. The number of carbonyl (C=O) groups excluding carboxylic acids is 2. The normalized spacial score (nSPS) is 14.7. The summed E-state index contributed by atoms with van der Waals surface area (Å²) in [5.41, 5.74) is 1.93. The van der Waals surface area contributed by atoms with Crippen LogP contribution in [-0.4, -0.2) is 48.4 Å². The molecule has 0 unspecified atom stereocenters. The highest BCUT2D eigenvalue weighted by Gasteiger charge is 2.29. The van der Waals surface area contributed by atoms with Crippen molar-refractivity contribution in [2.24, 2.45) is 5.92 Å². The lowest BCUT2D eigenvalue weighted by atomic mass is 9.95. The number of nitrogens with one attached hydrogen (secondary N) is 1. The molecular weight excluding hydrogens is 387 g/mol. The summed E-state index contributed by atoms with van der Waals surface area (Å²) in [5.74, 6) is -1.01.